The highest BCUT2D eigenvalue weighted by Crippen LogP contribution is 2.31. The van der Waals surface area contributed by atoms with E-state index in [1.54, 1.807) is 18.2 Å². The molecule has 0 bridgehead atoms. The van der Waals surface area contributed by atoms with Crippen LogP contribution in [0.5, 0.6) is 0 Å². The molecule has 1 saturated carbocycles. The van der Waals surface area contributed by atoms with Crippen LogP contribution in [0.1, 0.15) is 56.9 Å². The van der Waals surface area contributed by atoms with Gasteiger partial charge in [-0.2, -0.15) is 4.31 Å². The van der Waals surface area contributed by atoms with Gasteiger partial charge >= 0.3 is 0 Å². The Bertz CT molecular complexity index is 918. The number of piperidine rings is 1. The van der Waals surface area contributed by atoms with Gasteiger partial charge in [-0.3, -0.25) is 9.59 Å². The van der Waals surface area contributed by atoms with Gasteiger partial charge in [0.05, 0.1) is 10.8 Å². The summed E-state index contributed by atoms with van der Waals surface area (Å²) in [5, 5.41) is 2.90. The van der Waals surface area contributed by atoms with E-state index in [9.17, 15) is 18.0 Å². The van der Waals surface area contributed by atoms with Gasteiger partial charge in [-0.15, -0.1) is 0 Å². The predicted molar refractivity (Wildman–Crippen MR) is 114 cm³/mol. The lowest BCUT2D eigenvalue weighted by molar-refractivity contribution is -0.129. The number of aryl methyl sites for hydroxylation is 1. The maximum atomic E-state index is 13.0. The Morgan fingerprint density at radius 1 is 1.07 bits per heavy atom. The minimum absolute atomic E-state index is 0.0557. The highest BCUT2D eigenvalue weighted by molar-refractivity contribution is 7.89. The molecule has 8 heteroatoms. The van der Waals surface area contributed by atoms with Gasteiger partial charge in [-0.25, -0.2) is 8.42 Å². The molecule has 0 aromatic heterocycles. The molecule has 1 aromatic rings. The van der Waals surface area contributed by atoms with Crippen LogP contribution in [0.15, 0.2) is 23.1 Å². The van der Waals surface area contributed by atoms with Gasteiger partial charge < -0.3 is 10.2 Å². The molecule has 7 nitrogen and oxygen atoms in total. The number of carbonyl (C=O) groups excluding carboxylic acids is 2. The van der Waals surface area contributed by atoms with Crippen molar-refractivity contribution in [1.29, 1.82) is 0 Å². The zero-order valence-corrected chi connectivity index (χ0v) is 18.4. The fraction of sp³-hybridized carbons (Fsp3) is 0.636. The second-order valence-corrected chi connectivity index (χ2v) is 10.8. The number of likely N-dealkylation sites (tertiary alicyclic amines) is 1. The number of nitrogens with zero attached hydrogens (tertiary/aromatic N) is 2. The number of carbonyl (C=O) groups is 2. The quantitative estimate of drug-likeness (QED) is 0.774. The standard InChI is InChI=1S/C22H31N3O4S/c1-16-9-10-19(30(28,29)24-11-5-2-6-12-24)14-20(16)23-22(27)17-13-21(26)25(15-17)18-7-3-4-8-18/h9-10,14,17-18H,2-8,11-13,15H2,1H3,(H,23,27). The van der Waals surface area contributed by atoms with Crippen molar-refractivity contribution >= 4 is 27.5 Å². The van der Waals surface area contributed by atoms with Crippen LogP contribution < -0.4 is 5.32 Å². The van der Waals surface area contributed by atoms with Crippen molar-refractivity contribution in [2.75, 3.05) is 25.0 Å². The number of hydrogen-bond donors (Lipinski definition) is 1. The Balaban J connectivity index is 1.47. The molecule has 2 saturated heterocycles. The first-order valence-electron chi connectivity index (χ1n) is 11.1. The molecule has 0 spiro atoms. The molecule has 1 unspecified atom stereocenters. The molecule has 0 radical (unpaired) electrons. The first kappa shape index (κ1) is 21.3. The minimum Gasteiger partial charge on any atom is -0.339 e. The summed E-state index contributed by atoms with van der Waals surface area (Å²) < 4.78 is 27.5. The average molecular weight is 434 g/mol. The normalized spacial score (nSPS) is 23.8. The summed E-state index contributed by atoms with van der Waals surface area (Å²) in [7, 11) is -3.57. The third-order valence-corrected chi connectivity index (χ3v) is 8.61. The maximum Gasteiger partial charge on any atom is 0.243 e. The van der Waals surface area contributed by atoms with E-state index in [2.05, 4.69) is 5.32 Å². The van der Waals surface area contributed by atoms with Crippen LogP contribution in [-0.4, -0.2) is 55.1 Å². The monoisotopic (exact) mass is 433 g/mol. The summed E-state index contributed by atoms with van der Waals surface area (Å²) >= 11 is 0. The van der Waals surface area contributed by atoms with Crippen molar-refractivity contribution in [2.24, 2.45) is 5.92 Å². The molecule has 1 N–H and O–H groups in total. The molecule has 3 fully saturated rings. The largest absolute Gasteiger partial charge is 0.339 e. The number of anilines is 1. The molecule has 30 heavy (non-hydrogen) atoms. The average Bonchev–Trinajstić information content (AvgIpc) is 3.39. The third kappa shape index (κ3) is 4.25. The van der Waals surface area contributed by atoms with Crippen molar-refractivity contribution in [3.05, 3.63) is 23.8 Å². The van der Waals surface area contributed by atoms with E-state index in [1.807, 2.05) is 11.8 Å². The van der Waals surface area contributed by atoms with E-state index in [0.717, 1.165) is 50.5 Å². The maximum absolute atomic E-state index is 13.0. The summed E-state index contributed by atoms with van der Waals surface area (Å²) in [6.45, 7) is 3.38. The van der Waals surface area contributed by atoms with Crippen LogP contribution in [0.3, 0.4) is 0 Å². The van der Waals surface area contributed by atoms with Crippen LogP contribution in [0.4, 0.5) is 5.69 Å². The number of amides is 2. The smallest absolute Gasteiger partial charge is 0.243 e. The summed E-state index contributed by atoms with van der Waals surface area (Å²) in [6.07, 6.45) is 7.37. The molecule has 4 rings (SSSR count). The lowest BCUT2D eigenvalue weighted by Crippen LogP contribution is -2.36. The van der Waals surface area contributed by atoms with Gasteiger partial charge in [0, 0.05) is 37.8 Å². The predicted octanol–water partition coefficient (Wildman–Crippen LogP) is 2.90. The highest BCUT2D eigenvalue weighted by atomic mass is 32.2. The van der Waals surface area contributed by atoms with Crippen molar-refractivity contribution in [2.45, 2.75) is 69.2 Å². The van der Waals surface area contributed by atoms with E-state index in [1.165, 1.54) is 4.31 Å². The van der Waals surface area contributed by atoms with Crippen LogP contribution in [0.25, 0.3) is 0 Å². The molecule has 2 amide bonds. The van der Waals surface area contributed by atoms with Crippen LogP contribution in [0.2, 0.25) is 0 Å². The Labute approximate surface area is 178 Å². The zero-order chi connectivity index (χ0) is 21.3. The molecule has 1 aliphatic carbocycles. The van der Waals surface area contributed by atoms with Gasteiger partial charge in [-0.1, -0.05) is 25.3 Å². The molecule has 1 atom stereocenters. The third-order valence-electron chi connectivity index (χ3n) is 6.71. The summed E-state index contributed by atoms with van der Waals surface area (Å²) in [6, 6.07) is 5.17. The fourth-order valence-corrected chi connectivity index (χ4v) is 6.41. The number of hydrogen-bond acceptors (Lipinski definition) is 4. The van der Waals surface area contributed by atoms with E-state index in [-0.39, 0.29) is 35.1 Å². The molecule has 1 aromatic carbocycles. The van der Waals surface area contributed by atoms with E-state index in [0.29, 0.717) is 25.3 Å². The zero-order valence-electron chi connectivity index (χ0n) is 17.6. The van der Waals surface area contributed by atoms with Crippen LogP contribution in [-0.2, 0) is 19.6 Å². The Morgan fingerprint density at radius 2 is 1.77 bits per heavy atom. The topological polar surface area (TPSA) is 86.8 Å². The molecular weight excluding hydrogens is 402 g/mol. The van der Waals surface area contributed by atoms with Gasteiger partial charge in [0.2, 0.25) is 21.8 Å². The van der Waals surface area contributed by atoms with Crippen molar-refractivity contribution in [1.82, 2.24) is 9.21 Å². The van der Waals surface area contributed by atoms with Crippen molar-refractivity contribution in [3.63, 3.8) is 0 Å². The molecular formula is C22H31N3O4S. The summed E-state index contributed by atoms with van der Waals surface area (Å²) in [5.74, 6) is -0.542. The summed E-state index contributed by atoms with van der Waals surface area (Å²) in [4.78, 5) is 27.4. The number of benzene rings is 1. The van der Waals surface area contributed by atoms with E-state index < -0.39 is 10.0 Å². The number of rotatable bonds is 5. The van der Waals surface area contributed by atoms with Crippen molar-refractivity contribution in [3.8, 4) is 0 Å². The fourth-order valence-electron chi connectivity index (χ4n) is 4.86. The first-order valence-corrected chi connectivity index (χ1v) is 12.5. The van der Waals surface area contributed by atoms with E-state index in [4.69, 9.17) is 0 Å². The molecule has 2 heterocycles. The lowest BCUT2D eigenvalue weighted by Gasteiger charge is -2.26. The van der Waals surface area contributed by atoms with Gasteiger partial charge in [-0.05, 0) is 50.3 Å². The second kappa shape index (κ2) is 8.67. The second-order valence-electron chi connectivity index (χ2n) is 8.82. The van der Waals surface area contributed by atoms with Crippen molar-refractivity contribution < 1.29 is 18.0 Å². The molecule has 164 valence electrons. The lowest BCUT2D eigenvalue weighted by atomic mass is 10.1. The van der Waals surface area contributed by atoms with Gasteiger partial charge in [0.15, 0.2) is 0 Å². The number of sulfonamides is 1. The van der Waals surface area contributed by atoms with Crippen LogP contribution >= 0.6 is 0 Å². The SMILES string of the molecule is Cc1ccc(S(=O)(=O)N2CCCCC2)cc1NC(=O)C1CC(=O)N(C2CCCC2)C1. The number of nitrogens with one attached hydrogen (secondary N) is 1. The highest BCUT2D eigenvalue weighted by Gasteiger charge is 2.38. The van der Waals surface area contributed by atoms with E-state index >= 15 is 0 Å². The molecule has 3 aliphatic rings. The Hall–Kier alpha value is -1.93. The van der Waals surface area contributed by atoms with Gasteiger partial charge in [0.25, 0.3) is 0 Å². The van der Waals surface area contributed by atoms with Gasteiger partial charge in [0.1, 0.15) is 0 Å². The first-order chi connectivity index (χ1) is 14.4. The minimum atomic E-state index is -3.57. The Kier molecular flexibility index (Phi) is 6.16. The molecule has 2 aliphatic heterocycles. The van der Waals surface area contributed by atoms with Crippen LogP contribution in [0, 0.1) is 12.8 Å². The Morgan fingerprint density at radius 3 is 2.47 bits per heavy atom. The summed E-state index contributed by atoms with van der Waals surface area (Å²) in [5.41, 5.74) is 1.31.